The van der Waals surface area contributed by atoms with E-state index in [0.717, 1.165) is 20.1 Å². The molecule has 5 nitrogen and oxygen atoms in total. The summed E-state index contributed by atoms with van der Waals surface area (Å²) >= 11 is 4.87. The topological polar surface area (TPSA) is 63.8 Å². The van der Waals surface area contributed by atoms with E-state index in [2.05, 4.69) is 31.5 Å². The molecule has 1 aromatic heterocycles. The van der Waals surface area contributed by atoms with Crippen molar-refractivity contribution in [3.8, 4) is 0 Å². The number of benzene rings is 1. The second-order valence-electron chi connectivity index (χ2n) is 3.10. The lowest BCUT2D eigenvalue weighted by Gasteiger charge is -2.03. The Hall–Kier alpha value is -0.920. The van der Waals surface area contributed by atoms with Crippen LogP contribution in [0.5, 0.6) is 0 Å². The molecule has 0 unspecified atom stereocenters. The fourth-order valence-electron chi connectivity index (χ4n) is 1.13. The molecule has 2 rings (SSSR count). The predicted molar refractivity (Wildman–Crippen MR) is 63.0 cm³/mol. The minimum atomic E-state index is 0.0248. The van der Waals surface area contributed by atoms with Gasteiger partial charge in [-0.25, -0.2) is 4.68 Å². The average Bonchev–Trinajstić information content (AvgIpc) is 2.65. The SMILES string of the molecule is Cn1nnnc1Sc1ccc(CO)c(Br)c1. The van der Waals surface area contributed by atoms with Gasteiger partial charge in [0.05, 0.1) is 6.61 Å². The van der Waals surface area contributed by atoms with Gasteiger partial charge in [0.2, 0.25) is 5.16 Å². The fraction of sp³-hybridized carbons (Fsp3) is 0.222. The predicted octanol–water partition coefficient (Wildman–Crippen LogP) is 1.62. The quantitative estimate of drug-likeness (QED) is 0.933. The van der Waals surface area contributed by atoms with E-state index in [1.807, 2.05) is 18.2 Å². The van der Waals surface area contributed by atoms with Crippen molar-refractivity contribution in [3.05, 3.63) is 28.2 Å². The van der Waals surface area contributed by atoms with Gasteiger partial charge in [0, 0.05) is 16.4 Å². The van der Waals surface area contributed by atoms with Crippen molar-refractivity contribution in [2.75, 3.05) is 0 Å². The lowest BCUT2D eigenvalue weighted by atomic mass is 10.2. The van der Waals surface area contributed by atoms with Crippen LogP contribution in [-0.2, 0) is 13.7 Å². The number of aliphatic hydroxyl groups is 1. The number of aliphatic hydroxyl groups excluding tert-OH is 1. The number of hydrogen-bond acceptors (Lipinski definition) is 5. The smallest absolute Gasteiger partial charge is 0.213 e. The Balaban J connectivity index is 2.23. The monoisotopic (exact) mass is 300 g/mol. The Kier molecular flexibility index (Phi) is 3.57. The van der Waals surface area contributed by atoms with Crippen molar-refractivity contribution in [2.24, 2.45) is 7.05 Å². The Labute approximate surface area is 105 Å². The van der Waals surface area contributed by atoms with Gasteiger partial charge < -0.3 is 5.11 Å². The van der Waals surface area contributed by atoms with E-state index < -0.39 is 0 Å². The van der Waals surface area contributed by atoms with Crippen molar-refractivity contribution in [3.63, 3.8) is 0 Å². The zero-order chi connectivity index (χ0) is 11.5. The first-order valence-electron chi connectivity index (χ1n) is 4.50. The minimum absolute atomic E-state index is 0.0248. The number of tetrazole rings is 1. The third-order valence-corrected chi connectivity index (χ3v) is 3.74. The van der Waals surface area contributed by atoms with Crippen molar-refractivity contribution in [1.29, 1.82) is 0 Å². The molecule has 16 heavy (non-hydrogen) atoms. The summed E-state index contributed by atoms with van der Waals surface area (Å²) < 4.78 is 2.49. The molecule has 2 aromatic rings. The summed E-state index contributed by atoms with van der Waals surface area (Å²) in [6, 6.07) is 5.73. The maximum Gasteiger partial charge on any atom is 0.213 e. The van der Waals surface area contributed by atoms with E-state index in [1.165, 1.54) is 11.8 Å². The van der Waals surface area contributed by atoms with Gasteiger partial charge in [0.15, 0.2) is 0 Å². The largest absolute Gasteiger partial charge is 0.392 e. The highest BCUT2D eigenvalue weighted by molar-refractivity contribution is 9.10. The zero-order valence-corrected chi connectivity index (χ0v) is 10.9. The molecule has 0 radical (unpaired) electrons. The molecule has 0 aliphatic heterocycles. The van der Waals surface area contributed by atoms with E-state index in [-0.39, 0.29) is 6.61 Å². The molecule has 7 heteroatoms. The van der Waals surface area contributed by atoms with E-state index in [1.54, 1.807) is 11.7 Å². The van der Waals surface area contributed by atoms with Gasteiger partial charge in [-0.3, -0.25) is 0 Å². The zero-order valence-electron chi connectivity index (χ0n) is 8.46. The Morgan fingerprint density at radius 3 is 2.88 bits per heavy atom. The number of aryl methyl sites for hydroxylation is 1. The van der Waals surface area contributed by atoms with Gasteiger partial charge in [-0.2, -0.15) is 0 Å². The van der Waals surface area contributed by atoms with Crippen molar-refractivity contribution in [1.82, 2.24) is 20.2 Å². The molecule has 0 aliphatic carbocycles. The molecule has 0 spiro atoms. The van der Waals surface area contributed by atoms with E-state index in [0.29, 0.717) is 0 Å². The van der Waals surface area contributed by atoms with Crippen LogP contribution in [0, 0.1) is 0 Å². The highest BCUT2D eigenvalue weighted by Crippen LogP contribution is 2.29. The van der Waals surface area contributed by atoms with Crippen LogP contribution in [0.3, 0.4) is 0 Å². The average molecular weight is 301 g/mol. The molecular weight excluding hydrogens is 292 g/mol. The highest BCUT2D eigenvalue weighted by Gasteiger charge is 2.06. The molecule has 1 aromatic carbocycles. The molecule has 0 bridgehead atoms. The molecule has 0 aliphatic rings. The van der Waals surface area contributed by atoms with E-state index in [9.17, 15) is 0 Å². The molecule has 0 atom stereocenters. The Morgan fingerprint density at radius 2 is 2.31 bits per heavy atom. The molecular formula is C9H9BrN4OS. The number of hydrogen-bond donors (Lipinski definition) is 1. The lowest BCUT2D eigenvalue weighted by Crippen LogP contribution is -1.93. The van der Waals surface area contributed by atoms with Gasteiger partial charge >= 0.3 is 0 Å². The van der Waals surface area contributed by atoms with Crippen LogP contribution in [0.2, 0.25) is 0 Å². The van der Waals surface area contributed by atoms with Crippen LogP contribution in [-0.4, -0.2) is 25.3 Å². The summed E-state index contributed by atoms with van der Waals surface area (Å²) in [4.78, 5) is 1.02. The molecule has 0 amide bonds. The van der Waals surface area contributed by atoms with E-state index >= 15 is 0 Å². The van der Waals surface area contributed by atoms with Crippen LogP contribution in [0.25, 0.3) is 0 Å². The number of rotatable bonds is 3. The second-order valence-corrected chi connectivity index (χ2v) is 4.99. The number of aromatic nitrogens is 4. The van der Waals surface area contributed by atoms with Gasteiger partial charge in [0.25, 0.3) is 0 Å². The van der Waals surface area contributed by atoms with Crippen LogP contribution in [0.4, 0.5) is 0 Å². The third kappa shape index (κ3) is 2.42. The van der Waals surface area contributed by atoms with E-state index in [4.69, 9.17) is 5.11 Å². The lowest BCUT2D eigenvalue weighted by molar-refractivity contribution is 0.281. The molecule has 0 saturated heterocycles. The number of halogens is 1. The minimum Gasteiger partial charge on any atom is -0.392 e. The van der Waals surface area contributed by atoms with Gasteiger partial charge in [-0.15, -0.1) is 5.10 Å². The summed E-state index contributed by atoms with van der Waals surface area (Å²) in [6.07, 6.45) is 0. The fourth-order valence-corrected chi connectivity index (χ4v) is 2.56. The molecule has 0 fully saturated rings. The first-order chi connectivity index (χ1) is 7.70. The third-order valence-electron chi connectivity index (χ3n) is 1.99. The van der Waals surface area contributed by atoms with Crippen molar-refractivity contribution >= 4 is 27.7 Å². The standard InChI is InChI=1S/C9H9BrN4OS/c1-14-9(11-12-13-14)16-7-3-2-6(5-15)8(10)4-7/h2-4,15H,5H2,1H3. The van der Waals surface area contributed by atoms with Gasteiger partial charge in [-0.1, -0.05) is 22.0 Å². The van der Waals surface area contributed by atoms with Crippen LogP contribution >= 0.6 is 27.7 Å². The van der Waals surface area contributed by atoms with Crippen LogP contribution < -0.4 is 0 Å². The van der Waals surface area contributed by atoms with Crippen molar-refractivity contribution in [2.45, 2.75) is 16.7 Å². The first-order valence-corrected chi connectivity index (χ1v) is 6.11. The van der Waals surface area contributed by atoms with Crippen molar-refractivity contribution < 1.29 is 5.11 Å². The summed E-state index contributed by atoms with van der Waals surface area (Å²) in [5.74, 6) is 0. The first kappa shape index (κ1) is 11.6. The Bertz CT molecular complexity index is 502. The second kappa shape index (κ2) is 4.94. The summed E-state index contributed by atoms with van der Waals surface area (Å²) in [7, 11) is 1.79. The number of nitrogens with zero attached hydrogens (tertiary/aromatic N) is 4. The normalized spacial score (nSPS) is 10.7. The van der Waals surface area contributed by atoms with Crippen LogP contribution in [0.1, 0.15) is 5.56 Å². The maximum absolute atomic E-state index is 9.04. The Morgan fingerprint density at radius 1 is 1.50 bits per heavy atom. The maximum atomic E-state index is 9.04. The van der Waals surface area contributed by atoms with Crippen LogP contribution in [0.15, 0.2) is 32.7 Å². The molecule has 0 saturated carbocycles. The summed E-state index contributed by atoms with van der Waals surface area (Å²) in [5, 5.41) is 21.0. The summed E-state index contributed by atoms with van der Waals surface area (Å²) in [6.45, 7) is 0.0248. The summed E-state index contributed by atoms with van der Waals surface area (Å²) in [5.41, 5.74) is 0.862. The molecule has 84 valence electrons. The van der Waals surface area contributed by atoms with Gasteiger partial charge in [0.1, 0.15) is 0 Å². The van der Waals surface area contributed by atoms with Gasteiger partial charge in [-0.05, 0) is 39.9 Å². The highest BCUT2D eigenvalue weighted by atomic mass is 79.9. The molecule has 1 heterocycles. The molecule has 1 N–H and O–H groups in total.